The van der Waals surface area contributed by atoms with Crippen LogP contribution in [0.4, 0.5) is 0 Å². The lowest BCUT2D eigenvalue weighted by Gasteiger charge is -2.20. The Labute approximate surface area is 211 Å². The van der Waals surface area contributed by atoms with Gasteiger partial charge in [-0.15, -0.1) is 0 Å². The SMILES string of the molecule is CC[C@@H]1C[C@H](CS(=O)(=O)C2CC2)C[C@@H]1n1cnc2cnc3c(ccn3S(=O)(=O)c3ccc(C)cc3)c21. The van der Waals surface area contributed by atoms with E-state index in [1.807, 2.05) is 13.3 Å². The Balaban J connectivity index is 1.40. The van der Waals surface area contributed by atoms with Gasteiger partial charge in [0.15, 0.2) is 15.5 Å². The molecule has 0 bridgehead atoms. The minimum atomic E-state index is -3.81. The van der Waals surface area contributed by atoms with Crippen molar-refractivity contribution in [2.24, 2.45) is 11.8 Å². The van der Waals surface area contributed by atoms with Gasteiger partial charge in [0.1, 0.15) is 5.52 Å². The first-order chi connectivity index (χ1) is 17.2. The first-order valence-corrected chi connectivity index (χ1v) is 15.7. The zero-order valence-corrected chi connectivity index (χ0v) is 22.0. The van der Waals surface area contributed by atoms with E-state index < -0.39 is 19.9 Å². The van der Waals surface area contributed by atoms with Gasteiger partial charge < -0.3 is 4.57 Å². The molecule has 0 amide bonds. The van der Waals surface area contributed by atoms with Crippen LogP contribution in [0.3, 0.4) is 0 Å². The standard InChI is InChI=1S/C26H30N4O4S2/c1-3-19-12-18(15-35(31,32)20-8-9-20)13-24(19)29-16-28-23-14-27-26-22(25(23)29)10-11-30(26)36(33,34)21-6-4-17(2)5-7-21/h4-7,10-11,14,16,18-20,24H,3,8-9,12-13,15H2,1-2H3/t18-,19+,24-/m0/s1. The van der Waals surface area contributed by atoms with Gasteiger partial charge in [-0.2, -0.15) is 0 Å². The molecule has 2 aliphatic carbocycles. The quantitative estimate of drug-likeness (QED) is 0.352. The molecule has 0 saturated heterocycles. The molecule has 4 aromatic rings. The highest BCUT2D eigenvalue weighted by Crippen LogP contribution is 2.45. The van der Waals surface area contributed by atoms with E-state index in [1.54, 1.807) is 42.7 Å². The maximum atomic E-state index is 13.4. The number of rotatable bonds is 7. The molecule has 0 aliphatic heterocycles. The summed E-state index contributed by atoms with van der Waals surface area (Å²) in [5.41, 5.74) is 2.91. The number of aryl methyl sites for hydroxylation is 1. The van der Waals surface area contributed by atoms with Crippen LogP contribution in [0, 0.1) is 18.8 Å². The van der Waals surface area contributed by atoms with Gasteiger partial charge in [0.05, 0.1) is 33.9 Å². The van der Waals surface area contributed by atoms with Crippen LogP contribution >= 0.6 is 0 Å². The molecule has 36 heavy (non-hydrogen) atoms. The Morgan fingerprint density at radius 3 is 2.44 bits per heavy atom. The van der Waals surface area contributed by atoms with Gasteiger partial charge in [0.2, 0.25) is 0 Å². The Morgan fingerprint density at radius 1 is 1.00 bits per heavy atom. The van der Waals surface area contributed by atoms with Crippen LogP contribution in [-0.2, 0) is 19.9 Å². The molecule has 6 rings (SSSR count). The average Bonchev–Trinajstić information content (AvgIpc) is 3.31. The summed E-state index contributed by atoms with van der Waals surface area (Å²) in [6.45, 7) is 4.07. The summed E-state index contributed by atoms with van der Waals surface area (Å²) in [6, 6.07) is 8.69. The number of benzene rings is 1. The number of nitrogens with zero attached hydrogens (tertiary/aromatic N) is 4. The van der Waals surface area contributed by atoms with Crippen molar-refractivity contribution in [1.82, 2.24) is 18.5 Å². The van der Waals surface area contributed by atoms with Crippen molar-refractivity contribution in [2.75, 3.05) is 5.75 Å². The third kappa shape index (κ3) is 3.85. The normalized spacial score (nSPS) is 23.1. The van der Waals surface area contributed by atoms with E-state index in [0.717, 1.165) is 48.6 Å². The number of pyridine rings is 1. The molecule has 0 spiro atoms. The van der Waals surface area contributed by atoms with Crippen LogP contribution in [0.15, 0.2) is 53.9 Å². The summed E-state index contributed by atoms with van der Waals surface area (Å²) in [5.74, 6) is 0.731. The topological polar surface area (TPSA) is 104 Å². The molecule has 1 aromatic carbocycles. The maximum Gasteiger partial charge on any atom is 0.269 e. The van der Waals surface area contributed by atoms with Gasteiger partial charge in [0, 0.05) is 17.6 Å². The molecule has 190 valence electrons. The first kappa shape index (κ1) is 23.7. The maximum absolute atomic E-state index is 13.4. The summed E-state index contributed by atoms with van der Waals surface area (Å²) in [6.07, 6.45) is 9.20. The van der Waals surface area contributed by atoms with Crippen LogP contribution in [0.1, 0.15) is 50.6 Å². The third-order valence-corrected chi connectivity index (χ3v) is 12.0. The molecule has 2 saturated carbocycles. The molecule has 8 nitrogen and oxygen atoms in total. The predicted molar refractivity (Wildman–Crippen MR) is 139 cm³/mol. The molecule has 3 heterocycles. The highest BCUT2D eigenvalue weighted by Gasteiger charge is 2.42. The largest absolute Gasteiger partial charge is 0.327 e. The van der Waals surface area contributed by atoms with Crippen LogP contribution in [0.2, 0.25) is 0 Å². The van der Waals surface area contributed by atoms with Crippen molar-refractivity contribution in [1.29, 1.82) is 0 Å². The molecule has 0 radical (unpaired) electrons. The minimum Gasteiger partial charge on any atom is -0.327 e. The van der Waals surface area contributed by atoms with Crippen molar-refractivity contribution in [3.63, 3.8) is 0 Å². The van der Waals surface area contributed by atoms with Crippen molar-refractivity contribution in [2.45, 2.75) is 62.1 Å². The van der Waals surface area contributed by atoms with Crippen LogP contribution in [-0.4, -0.2) is 46.3 Å². The summed E-state index contributed by atoms with van der Waals surface area (Å²) in [4.78, 5) is 9.27. The fourth-order valence-corrected chi connectivity index (χ4v) is 9.24. The summed E-state index contributed by atoms with van der Waals surface area (Å²) < 4.78 is 55.5. The molecular formula is C26H30N4O4S2. The molecule has 0 N–H and O–H groups in total. The lowest BCUT2D eigenvalue weighted by Crippen LogP contribution is -2.18. The highest BCUT2D eigenvalue weighted by molar-refractivity contribution is 7.92. The van der Waals surface area contributed by atoms with Crippen molar-refractivity contribution < 1.29 is 16.8 Å². The Kier molecular flexibility index (Phi) is 5.53. The Hall–Kier alpha value is -2.72. The molecule has 3 atom stereocenters. The molecule has 3 aromatic heterocycles. The first-order valence-electron chi connectivity index (χ1n) is 12.6. The monoisotopic (exact) mass is 526 g/mol. The van der Waals surface area contributed by atoms with E-state index >= 15 is 0 Å². The zero-order chi connectivity index (χ0) is 25.2. The molecule has 2 aliphatic rings. The molecule has 2 fully saturated rings. The van der Waals surface area contributed by atoms with Gasteiger partial charge >= 0.3 is 0 Å². The number of sulfone groups is 1. The second kappa shape index (κ2) is 8.41. The van der Waals surface area contributed by atoms with E-state index in [2.05, 4.69) is 21.5 Å². The number of fused-ring (bicyclic) bond motifs is 3. The predicted octanol–water partition coefficient (Wildman–Crippen LogP) is 4.49. The number of aromatic nitrogens is 4. The van der Waals surface area contributed by atoms with Crippen LogP contribution < -0.4 is 0 Å². The molecule has 10 heteroatoms. The average molecular weight is 527 g/mol. The second-order valence-electron chi connectivity index (χ2n) is 10.4. The lowest BCUT2D eigenvalue weighted by molar-refractivity contribution is 0.377. The lowest BCUT2D eigenvalue weighted by atomic mass is 10.00. The van der Waals surface area contributed by atoms with E-state index in [9.17, 15) is 16.8 Å². The van der Waals surface area contributed by atoms with Gasteiger partial charge in [-0.05, 0) is 62.6 Å². The van der Waals surface area contributed by atoms with Crippen molar-refractivity contribution >= 4 is 41.9 Å². The third-order valence-electron chi connectivity index (χ3n) is 7.93. The molecule has 0 unspecified atom stereocenters. The van der Waals surface area contributed by atoms with E-state index in [1.165, 1.54) is 3.97 Å². The smallest absolute Gasteiger partial charge is 0.269 e. The Morgan fingerprint density at radius 2 is 1.75 bits per heavy atom. The zero-order valence-electron chi connectivity index (χ0n) is 20.4. The fraction of sp³-hybridized carbons (Fsp3) is 0.462. The van der Waals surface area contributed by atoms with Crippen molar-refractivity contribution in [3.8, 4) is 0 Å². The van der Waals surface area contributed by atoms with Gasteiger partial charge in [0.25, 0.3) is 10.0 Å². The second-order valence-corrected chi connectivity index (χ2v) is 14.6. The van der Waals surface area contributed by atoms with E-state index in [0.29, 0.717) is 17.1 Å². The summed E-state index contributed by atoms with van der Waals surface area (Å²) >= 11 is 0. The minimum absolute atomic E-state index is 0.113. The number of hydrogen-bond donors (Lipinski definition) is 0. The Bertz CT molecular complexity index is 1670. The summed E-state index contributed by atoms with van der Waals surface area (Å²) in [5, 5.41) is 0.594. The van der Waals surface area contributed by atoms with Gasteiger partial charge in [-0.3, -0.25) is 0 Å². The van der Waals surface area contributed by atoms with Crippen LogP contribution in [0.5, 0.6) is 0 Å². The van der Waals surface area contributed by atoms with E-state index in [-0.39, 0.29) is 27.9 Å². The molecular weight excluding hydrogens is 496 g/mol. The number of imidazole rings is 1. The van der Waals surface area contributed by atoms with Gasteiger partial charge in [-0.25, -0.2) is 30.8 Å². The van der Waals surface area contributed by atoms with Crippen molar-refractivity contribution in [3.05, 3.63) is 54.6 Å². The van der Waals surface area contributed by atoms with Crippen LogP contribution in [0.25, 0.3) is 22.1 Å². The van der Waals surface area contributed by atoms with Gasteiger partial charge in [-0.1, -0.05) is 31.0 Å². The fourth-order valence-electron chi connectivity index (χ4n) is 5.88. The highest BCUT2D eigenvalue weighted by atomic mass is 32.2. The number of hydrogen-bond acceptors (Lipinski definition) is 6. The van der Waals surface area contributed by atoms with E-state index in [4.69, 9.17) is 0 Å². The summed E-state index contributed by atoms with van der Waals surface area (Å²) in [7, 11) is -6.83.